The van der Waals surface area contributed by atoms with Gasteiger partial charge in [0.15, 0.2) is 0 Å². The van der Waals surface area contributed by atoms with Crippen molar-refractivity contribution in [1.82, 2.24) is 5.32 Å². The fourth-order valence-corrected chi connectivity index (χ4v) is 4.42. The van der Waals surface area contributed by atoms with E-state index in [-0.39, 0.29) is 6.04 Å². The number of aliphatic hydroxyl groups is 1. The van der Waals surface area contributed by atoms with Crippen LogP contribution in [0.1, 0.15) is 50.6 Å². The molecule has 0 saturated heterocycles. The van der Waals surface area contributed by atoms with Crippen molar-refractivity contribution in [2.45, 2.75) is 51.2 Å². The van der Waals surface area contributed by atoms with Gasteiger partial charge in [-0.25, -0.2) is 0 Å². The van der Waals surface area contributed by atoms with E-state index >= 15 is 0 Å². The maximum atomic E-state index is 10.1. The van der Waals surface area contributed by atoms with Crippen LogP contribution in [0.3, 0.4) is 0 Å². The molecular formula is C20H31NO2. The van der Waals surface area contributed by atoms with Gasteiger partial charge in [0.1, 0.15) is 0 Å². The minimum atomic E-state index is -0.429. The van der Waals surface area contributed by atoms with E-state index in [1.54, 1.807) is 0 Å². The van der Waals surface area contributed by atoms with Gasteiger partial charge in [0.2, 0.25) is 0 Å². The van der Waals surface area contributed by atoms with Crippen molar-refractivity contribution in [2.75, 3.05) is 19.8 Å². The topological polar surface area (TPSA) is 41.5 Å². The summed E-state index contributed by atoms with van der Waals surface area (Å²) in [7, 11) is 0. The van der Waals surface area contributed by atoms with Crippen LogP contribution >= 0.6 is 0 Å². The number of fused-ring (bicyclic) bond motifs is 2. The highest BCUT2D eigenvalue weighted by Crippen LogP contribution is 2.49. The molecule has 2 fully saturated rings. The average Bonchev–Trinajstić information content (AvgIpc) is 3.20. The predicted molar refractivity (Wildman–Crippen MR) is 93.2 cm³/mol. The summed E-state index contributed by atoms with van der Waals surface area (Å²) in [5, 5.41) is 13.4. The highest BCUT2D eigenvalue weighted by Gasteiger charge is 2.38. The fourth-order valence-electron chi connectivity index (χ4n) is 4.42. The molecule has 2 N–H and O–H groups in total. The van der Waals surface area contributed by atoms with Gasteiger partial charge in [0.25, 0.3) is 0 Å². The third kappa shape index (κ3) is 4.79. The summed E-state index contributed by atoms with van der Waals surface area (Å²) in [4.78, 5) is 0. The van der Waals surface area contributed by atoms with Gasteiger partial charge in [0, 0.05) is 19.2 Å². The molecule has 0 spiro atoms. The Morgan fingerprint density at radius 3 is 2.74 bits per heavy atom. The number of hydrogen-bond acceptors (Lipinski definition) is 3. The first-order valence-corrected chi connectivity index (χ1v) is 9.26. The van der Waals surface area contributed by atoms with E-state index in [0.29, 0.717) is 13.2 Å². The maximum Gasteiger partial charge on any atom is 0.0897 e. The third-order valence-corrected chi connectivity index (χ3v) is 5.79. The molecule has 5 atom stereocenters. The van der Waals surface area contributed by atoms with Crippen LogP contribution < -0.4 is 5.32 Å². The lowest BCUT2D eigenvalue weighted by Gasteiger charge is -2.22. The Morgan fingerprint density at radius 1 is 1.22 bits per heavy atom. The van der Waals surface area contributed by atoms with Crippen LogP contribution in [0.2, 0.25) is 0 Å². The largest absolute Gasteiger partial charge is 0.389 e. The highest BCUT2D eigenvalue weighted by atomic mass is 16.5. The summed E-state index contributed by atoms with van der Waals surface area (Å²) in [6.45, 7) is 3.94. The summed E-state index contributed by atoms with van der Waals surface area (Å²) in [6, 6.07) is 10.6. The van der Waals surface area contributed by atoms with Gasteiger partial charge < -0.3 is 15.2 Å². The lowest BCUT2D eigenvalue weighted by atomic mass is 9.87. The Bertz CT molecular complexity index is 464. The third-order valence-electron chi connectivity index (χ3n) is 5.79. The number of hydrogen-bond donors (Lipinski definition) is 2. The van der Waals surface area contributed by atoms with E-state index in [2.05, 4.69) is 24.4 Å². The van der Waals surface area contributed by atoms with Crippen molar-refractivity contribution < 1.29 is 9.84 Å². The first kappa shape index (κ1) is 16.9. The molecular weight excluding hydrogens is 286 g/mol. The van der Waals surface area contributed by atoms with Crippen molar-refractivity contribution in [3.05, 3.63) is 35.9 Å². The molecule has 2 aliphatic carbocycles. The second kappa shape index (κ2) is 8.27. The number of benzene rings is 1. The van der Waals surface area contributed by atoms with Gasteiger partial charge in [0.05, 0.1) is 12.7 Å². The quantitative estimate of drug-likeness (QED) is 0.685. The van der Waals surface area contributed by atoms with Gasteiger partial charge >= 0.3 is 0 Å². The molecule has 2 bridgehead atoms. The molecule has 2 aliphatic rings. The molecule has 1 aromatic rings. The van der Waals surface area contributed by atoms with E-state index in [1.807, 2.05) is 18.2 Å². The number of ether oxygens (including phenoxy) is 1. The van der Waals surface area contributed by atoms with Gasteiger partial charge in [-0.3, -0.25) is 0 Å². The second-order valence-electron chi connectivity index (χ2n) is 7.49. The Hall–Kier alpha value is -0.900. The first-order valence-electron chi connectivity index (χ1n) is 9.26. The summed E-state index contributed by atoms with van der Waals surface area (Å²) in [6.07, 6.45) is 6.55. The molecule has 3 nitrogen and oxygen atoms in total. The molecule has 1 aromatic carbocycles. The Kier molecular flexibility index (Phi) is 6.09. The van der Waals surface area contributed by atoms with Gasteiger partial charge in [-0.2, -0.15) is 0 Å². The highest BCUT2D eigenvalue weighted by molar-refractivity contribution is 5.17. The molecule has 3 rings (SSSR count). The predicted octanol–water partition coefficient (Wildman–Crippen LogP) is 3.54. The van der Waals surface area contributed by atoms with Crippen LogP contribution in [0.5, 0.6) is 0 Å². The second-order valence-corrected chi connectivity index (χ2v) is 7.49. The van der Waals surface area contributed by atoms with E-state index in [1.165, 1.54) is 37.7 Å². The van der Waals surface area contributed by atoms with E-state index in [9.17, 15) is 5.11 Å². The Labute approximate surface area is 140 Å². The van der Waals surface area contributed by atoms with Crippen LogP contribution in [0, 0.1) is 17.8 Å². The summed E-state index contributed by atoms with van der Waals surface area (Å²) >= 11 is 0. The summed E-state index contributed by atoms with van der Waals surface area (Å²) in [5.74, 6) is 2.88. The average molecular weight is 317 g/mol. The van der Waals surface area contributed by atoms with Crippen molar-refractivity contribution >= 4 is 0 Å². The van der Waals surface area contributed by atoms with Gasteiger partial charge in [-0.15, -0.1) is 0 Å². The zero-order chi connectivity index (χ0) is 16.1. The van der Waals surface area contributed by atoms with Crippen molar-refractivity contribution in [3.8, 4) is 0 Å². The number of nitrogens with one attached hydrogen (secondary N) is 1. The number of aliphatic hydroxyl groups excluding tert-OH is 1. The maximum absolute atomic E-state index is 10.1. The van der Waals surface area contributed by atoms with Crippen molar-refractivity contribution in [2.24, 2.45) is 17.8 Å². The van der Waals surface area contributed by atoms with Crippen LogP contribution in [-0.4, -0.2) is 31.0 Å². The smallest absolute Gasteiger partial charge is 0.0897 e. The standard InChI is InChI=1S/C20H31NO2/c1-15(17-5-3-2-4-6-17)21-13-20(22)14-23-10-9-19-12-16-7-8-18(19)11-16/h2-6,15-16,18-22H,7-14H2,1H3/t15-,16-,18-,19-,20+/m1/s1. The molecule has 2 saturated carbocycles. The fraction of sp³-hybridized carbons (Fsp3) is 0.700. The van der Waals surface area contributed by atoms with Crippen LogP contribution in [-0.2, 0) is 4.74 Å². The first-order chi connectivity index (χ1) is 11.2. The Balaban J connectivity index is 1.26. The number of rotatable bonds is 9. The van der Waals surface area contributed by atoms with Crippen LogP contribution in [0.25, 0.3) is 0 Å². The van der Waals surface area contributed by atoms with Gasteiger partial charge in [-0.1, -0.05) is 36.8 Å². The van der Waals surface area contributed by atoms with E-state index in [4.69, 9.17) is 4.74 Å². The van der Waals surface area contributed by atoms with Crippen molar-refractivity contribution in [1.29, 1.82) is 0 Å². The molecule has 0 aromatic heterocycles. The Morgan fingerprint density at radius 2 is 2.04 bits per heavy atom. The lowest BCUT2D eigenvalue weighted by Crippen LogP contribution is -2.32. The molecule has 23 heavy (non-hydrogen) atoms. The summed E-state index contributed by atoms with van der Waals surface area (Å²) < 4.78 is 5.71. The molecule has 0 amide bonds. The normalized spacial score (nSPS) is 28.9. The summed E-state index contributed by atoms with van der Waals surface area (Å²) in [5.41, 5.74) is 1.25. The molecule has 0 aliphatic heterocycles. The van der Waals surface area contributed by atoms with E-state index < -0.39 is 6.10 Å². The van der Waals surface area contributed by atoms with Crippen LogP contribution in [0.15, 0.2) is 30.3 Å². The van der Waals surface area contributed by atoms with Crippen LogP contribution in [0.4, 0.5) is 0 Å². The molecule has 0 unspecified atom stereocenters. The van der Waals surface area contributed by atoms with Gasteiger partial charge in [-0.05, 0) is 55.9 Å². The zero-order valence-electron chi connectivity index (χ0n) is 14.3. The minimum absolute atomic E-state index is 0.250. The van der Waals surface area contributed by atoms with E-state index in [0.717, 1.165) is 24.4 Å². The monoisotopic (exact) mass is 317 g/mol. The van der Waals surface area contributed by atoms with Crippen molar-refractivity contribution in [3.63, 3.8) is 0 Å². The SMILES string of the molecule is C[C@@H](NC[C@H](O)COCC[C@@H]1C[C@@H]2CC[C@@H]1C2)c1ccccc1. The minimum Gasteiger partial charge on any atom is -0.389 e. The molecule has 0 radical (unpaired) electrons. The lowest BCUT2D eigenvalue weighted by molar-refractivity contribution is 0.0280. The molecule has 128 valence electrons. The zero-order valence-corrected chi connectivity index (χ0v) is 14.3. The molecule has 0 heterocycles. The molecule has 3 heteroatoms.